The number of hydrogen-bond donors (Lipinski definition) is 2. The lowest BCUT2D eigenvalue weighted by molar-refractivity contribution is -0.114. The summed E-state index contributed by atoms with van der Waals surface area (Å²) >= 11 is 5.11. The van der Waals surface area contributed by atoms with Crippen LogP contribution in [0.5, 0.6) is 0 Å². The molecule has 0 saturated carbocycles. The van der Waals surface area contributed by atoms with Gasteiger partial charge in [0.15, 0.2) is 5.13 Å². The first-order chi connectivity index (χ1) is 16.8. The van der Waals surface area contributed by atoms with Gasteiger partial charge in [-0.05, 0) is 73.0 Å². The van der Waals surface area contributed by atoms with Crippen LogP contribution in [0.4, 0.5) is 5.13 Å². The largest absolute Gasteiger partial charge is 0.350 e. The Bertz CT molecular complexity index is 1440. The number of aryl methyl sites for hydroxylation is 1. The molecule has 3 heterocycles. The van der Waals surface area contributed by atoms with Crippen molar-refractivity contribution in [1.82, 2.24) is 25.1 Å². The molecule has 178 valence electrons. The van der Waals surface area contributed by atoms with E-state index in [9.17, 15) is 9.59 Å². The van der Waals surface area contributed by atoms with Crippen LogP contribution in [0.3, 0.4) is 0 Å². The van der Waals surface area contributed by atoms with Crippen molar-refractivity contribution >= 4 is 44.2 Å². The first-order valence-corrected chi connectivity index (χ1v) is 12.8. The highest BCUT2D eigenvalue weighted by atomic mass is 79.9. The van der Waals surface area contributed by atoms with Crippen LogP contribution in [-0.2, 0) is 17.6 Å². The number of nitrogens with zero attached hydrogens (tertiary/aromatic N) is 4. The zero-order valence-electron chi connectivity index (χ0n) is 19.4. The zero-order valence-corrected chi connectivity index (χ0v) is 21.8. The molecular weight excluding hydrogens is 528 g/mol. The molecule has 2 N–H and O–H groups in total. The van der Waals surface area contributed by atoms with Gasteiger partial charge in [-0.25, -0.2) is 9.67 Å². The number of halogens is 1. The number of rotatable bonds is 5. The molecule has 4 aromatic rings. The molecule has 0 atom stereocenters. The molecule has 0 unspecified atom stereocenters. The van der Waals surface area contributed by atoms with Gasteiger partial charge in [-0.3, -0.25) is 14.6 Å². The number of hydrogen-bond acceptors (Lipinski definition) is 6. The highest BCUT2D eigenvalue weighted by Crippen LogP contribution is 2.44. The SMILES string of the molecule is CC(=O)Nc1nc2c(s1)-c1c(c(-c3cccnc3)nn1-c1ccc(C(=O)NC(C)C)cc1Br)CC2. The molecule has 0 radical (unpaired) electrons. The van der Waals surface area contributed by atoms with Crippen LogP contribution in [0.2, 0.25) is 0 Å². The first kappa shape index (κ1) is 23.4. The second kappa shape index (κ2) is 9.35. The maximum Gasteiger partial charge on any atom is 0.251 e. The molecule has 0 saturated heterocycles. The fraction of sp³-hybridized carbons (Fsp3) is 0.240. The molecule has 1 aliphatic rings. The Morgan fingerprint density at radius 2 is 2.03 bits per heavy atom. The summed E-state index contributed by atoms with van der Waals surface area (Å²) in [5.41, 5.74) is 6.16. The molecular formula is C25H23BrN6O2S. The smallest absolute Gasteiger partial charge is 0.251 e. The zero-order chi connectivity index (χ0) is 24.7. The minimum absolute atomic E-state index is 0.0451. The summed E-state index contributed by atoms with van der Waals surface area (Å²) in [5.74, 6) is -0.283. The standard InChI is InChI=1S/C25H23BrN6O2S/c1-13(2)28-24(34)15-6-9-20(18(26)11-15)32-22-17(21(31-32)16-5-4-10-27-12-16)7-8-19-23(22)35-25(30-19)29-14(3)33/h4-6,9-13H,7-8H2,1-3H3,(H,28,34)(H,29,30,33). The van der Waals surface area contributed by atoms with Gasteiger partial charge in [-0.15, -0.1) is 0 Å². The van der Waals surface area contributed by atoms with Gasteiger partial charge in [-0.2, -0.15) is 5.10 Å². The van der Waals surface area contributed by atoms with Crippen LogP contribution in [0.25, 0.3) is 27.5 Å². The molecule has 2 amide bonds. The summed E-state index contributed by atoms with van der Waals surface area (Å²) < 4.78 is 2.65. The average Bonchev–Trinajstić information content (AvgIpc) is 3.39. The van der Waals surface area contributed by atoms with Crippen molar-refractivity contribution in [2.24, 2.45) is 0 Å². The maximum absolute atomic E-state index is 12.5. The molecule has 10 heteroatoms. The number of aromatic nitrogens is 4. The number of amides is 2. The first-order valence-electron chi connectivity index (χ1n) is 11.2. The molecule has 8 nitrogen and oxygen atoms in total. The van der Waals surface area contributed by atoms with E-state index in [1.165, 1.54) is 18.3 Å². The van der Waals surface area contributed by atoms with Crippen LogP contribution in [-0.4, -0.2) is 37.6 Å². The second-order valence-corrected chi connectivity index (χ2v) is 10.5. The van der Waals surface area contributed by atoms with Crippen LogP contribution < -0.4 is 10.6 Å². The lowest BCUT2D eigenvalue weighted by Crippen LogP contribution is -2.30. The third-order valence-corrected chi connectivity index (χ3v) is 7.24. The number of carbonyl (C=O) groups excluding carboxylic acids is 2. The lowest BCUT2D eigenvalue weighted by atomic mass is 9.95. The minimum Gasteiger partial charge on any atom is -0.350 e. The normalized spacial score (nSPS) is 12.3. The summed E-state index contributed by atoms with van der Waals surface area (Å²) in [6.45, 7) is 5.34. The highest BCUT2D eigenvalue weighted by molar-refractivity contribution is 9.10. The minimum atomic E-state index is -0.154. The monoisotopic (exact) mass is 550 g/mol. The van der Waals surface area contributed by atoms with Crippen LogP contribution in [0.1, 0.15) is 42.4 Å². The average molecular weight is 551 g/mol. The van der Waals surface area contributed by atoms with Gasteiger partial charge in [0.2, 0.25) is 5.91 Å². The summed E-state index contributed by atoms with van der Waals surface area (Å²) in [7, 11) is 0. The van der Waals surface area contributed by atoms with E-state index < -0.39 is 0 Å². The topological polar surface area (TPSA) is 102 Å². The van der Waals surface area contributed by atoms with Gasteiger partial charge in [0.1, 0.15) is 0 Å². The van der Waals surface area contributed by atoms with Crippen molar-refractivity contribution in [3.63, 3.8) is 0 Å². The Kier molecular flexibility index (Phi) is 6.24. The van der Waals surface area contributed by atoms with Crippen molar-refractivity contribution in [3.05, 3.63) is 64.0 Å². The Balaban J connectivity index is 1.67. The Morgan fingerprint density at radius 3 is 2.71 bits per heavy atom. The molecule has 0 bridgehead atoms. The summed E-state index contributed by atoms with van der Waals surface area (Å²) in [4.78, 5) is 34.1. The maximum atomic E-state index is 12.5. The molecule has 0 fully saturated rings. The molecule has 0 spiro atoms. The predicted molar refractivity (Wildman–Crippen MR) is 140 cm³/mol. The van der Waals surface area contributed by atoms with Crippen molar-refractivity contribution in [1.29, 1.82) is 0 Å². The van der Waals surface area contributed by atoms with E-state index in [2.05, 4.69) is 36.5 Å². The number of fused-ring (bicyclic) bond motifs is 3. The number of anilines is 1. The number of benzene rings is 1. The van der Waals surface area contributed by atoms with Crippen molar-refractivity contribution in [3.8, 4) is 27.5 Å². The summed E-state index contributed by atoms with van der Waals surface area (Å²) in [5, 5.41) is 11.3. The van der Waals surface area contributed by atoms with Crippen molar-refractivity contribution in [2.45, 2.75) is 39.7 Å². The predicted octanol–water partition coefficient (Wildman–Crippen LogP) is 5.02. The van der Waals surface area contributed by atoms with Crippen LogP contribution in [0, 0.1) is 0 Å². The van der Waals surface area contributed by atoms with E-state index in [0.717, 1.165) is 56.1 Å². The molecule has 5 rings (SSSR count). The van der Waals surface area contributed by atoms with Gasteiger partial charge in [0.25, 0.3) is 5.91 Å². The number of pyridine rings is 1. The highest BCUT2D eigenvalue weighted by Gasteiger charge is 2.30. The van der Waals surface area contributed by atoms with Crippen LogP contribution in [0.15, 0.2) is 47.2 Å². The fourth-order valence-corrected chi connectivity index (χ4v) is 5.81. The Morgan fingerprint density at radius 1 is 1.20 bits per heavy atom. The van der Waals surface area contributed by atoms with E-state index in [0.29, 0.717) is 10.7 Å². The molecule has 1 aliphatic carbocycles. The lowest BCUT2D eigenvalue weighted by Gasteiger charge is -2.15. The molecule has 3 aromatic heterocycles. The van der Waals surface area contributed by atoms with Gasteiger partial charge in [0, 0.05) is 46.5 Å². The number of carbonyl (C=O) groups is 2. The number of nitrogens with one attached hydrogen (secondary N) is 2. The Hall–Kier alpha value is -3.37. The Labute approximate surface area is 214 Å². The summed E-state index contributed by atoms with van der Waals surface area (Å²) in [6, 6.07) is 9.44. The number of thiazole rings is 1. The van der Waals surface area contributed by atoms with Gasteiger partial charge in [0.05, 0.1) is 27.6 Å². The quantitative estimate of drug-likeness (QED) is 0.363. The summed E-state index contributed by atoms with van der Waals surface area (Å²) in [6.07, 6.45) is 5.08. The van der Waals surface area contributed by atoms with E-state index >= 15 is 0 Å². The molecule has 0 aliphatic heterocycles. The molecule has 1 aromatic carbocycles. The van der Waals surface area contributed by atoms with Gasteiger partial charge >= 0.3 is 0 Å². The van der Waals surface area contributed by atoms with Crippen molar-refractivity contribution < 1.29 is 9.59 Å². The van der Waals surface area contributed by atoms with E-state index in [-0.39, 0.29) is 17.9 Å². The van der Waals surface area contributed by atoms with Gasteiger partial charge < -0.3 is 10.6 Å². The van der Waals surface area contributed by atoms with Crippen molar-refractivity contribution in [2.75, 3.05) is 5.32 Å². The van der Waals surface area contributed by atoms with E-state index in [1.54, 1.807) is 12.3 Å². The third-order valence-electron chi connectivity index (χ3n) is 5.58. The molecule has 35 heavy (non-hydrogen) atoms. The van der Waals surface area contributed by atoms with E-state index in [1.807, 2.05) is 49.0 Å². The van der Waals surface area contributed by atoms with Crippen LogP contribution >= 0.6 is 27.3 Å². The third kappa shape index (κ3) is 4.51. The fourth-order valence-electron chi connectivity index (χ4n) is 4.15. The second-order valence-electron chi connectivity index (χ2n) is 8.60. The van der Waals surface area contributed by atoms with E-state index in [4.69, 9.17) is 5.10 Å². The van der Waals surface area contributed by atoms with Gasteiger partial charge in [-0.1, -0.05) is 11.3 Å².